The molecule has 22 heavy (non-hydrogen) atoms. The van der Waals surface area contributed by atoms with E-state index in [-0.39, 0.29) is 0 Å². The lowest BCUT2D eigenvalue weighted by Crippen LogP contribution is -2.38. The first-order valence-corrected chi connectivity index (χ1v) is 8.24. The lowest BCUT2D eigenvalue weighted by molar-refractivity contribution is 0.474. The molecule has 0 radical (unpaired) electrons. The number of aliphatic imine (C=N–C) groups is 1. The van der Waals surface area contributed by atoms with Crippen molar-refractivity contribution in [1.82, 2.24) is 25.0 Å². The molecule has 2 rings (SSSR count). The summed E-state index contributed by atoms with van der Waals surface area (Å²) in [5, 5.41) is 11.2. The minimum Gasteiger partial charge on any atom is -0.349 e. The van der Waals surface area contributed by atoms with Gasteiger partial charge in [-0.15, -0.1) is 22.0 Å². The number of aryl methyl sites for hydroxylation is 1. The second-order valence-electron chi connectivity index (χ2n) is 4.96. The summed E-state index contributed by atoms with van der Waals surface area (Å²) in [5.74, 6) is 1.70. The molecule has 0 atom stereocenters. The van der Waals surface area contributed by atoms with Gasteiger partial charge < -0.3 is 14.8 Å². The zero-order valence-electron chi connectivity index (χ0n) is 13.4. The van der Waals surface area contributed by atoms with Crippen molar-refractivity contribution in [3.8, 4) is 0 Å². The van der Waals surface area contributed by atoms with E-state index in [1.54, 1.807) is 25.1 Å². The van der Waals surface area contributed by atoms with Crippen molar-refractivity contribution in [1.29, 1.82) is 0 Å². The lowest BCUT2D eigenvalue weighted by Gasteiger charge is -2.22. The molecule has 2 aromatic rings. The van der Waals surface area contributed by atoms with Gasteiger partial charge in [0, 0.05) is 32.6 Å². The summed E-state index contributed by atoms with van der Waals surface area (Å²) in [6.07, 6.45) is 3.77. The van der Waals surface area contributed by atoms with E-state index >= 15 is 0 Å². The summed E-state index contributed by atoms with van der Waals surface area (Å²) in [6, 6.07) is 8.59. The van der Waals surface area contributed by atoms with E-state index in [2.05, 4.69) is 55.9 Å². The molecule has 1 aromatic heterocycles. The second-order valence-corrected chi connectivity index (χ2v) is 5.84. The van der Waals surface area contributed by atoms with Crippen LogP contribution < -0.4 is 5.32 Å². The first kappa shape index (κ1) is 16.4. The van der Waals surface area contributed by atoms with Crippen LogP contribution >= 0.6 is 11.8 Å². The van der Waals surface area contributed by atoms with Gasteiger partial charge in [0.15, 0.2) is 11.8 Å². The molecule has 0 amide bonds. The Morgan fingerprint density at radius 3 is 2.64 bits per heavy atom. The summed E-state index contributed by atoms with van der Waals surface area (Å²) in [4.78, 5) is 7.68. The van der Waals surface area contributed by atoms with Crippen molar-refractivity contribution in [2.75, 3.05) is 20.4 Å². The van der Waals surface area contributed by atoms with Crippen LogP contribution in [0.3, 0.4) is 0 Å². The fourth-order valence-corrected chi connectivity index (χ4v) is 2.50. The van der Waals surface area contributed by atoms with Gasteiger partial charge in [0.05, 0.1) is 6.54 Å². The number of guanidine groups is 1. The molecule has 0 saturated carbocycles. The molecule has 1 heterocycles. The highest BCUT2D eigenvalue weighted by Crippen LogP contribution is 2.15. The maximum absolute atomic E-state index is 4.32. The van der Waals surface area contributed by atoms with E-state index in [9.17, 15) is 0 Å². The normalized spacial score (nSPS) is 11.5. The highest BCUT2D eigenvalue weighted by atomic mass is 32.2. The van der Waals surface area contributed by atoms with Crippen LogP contribution in [0.25, 0.3) is 0 Å². The van der Waals surface area contributed by atoms with Gasteiger partial charge in [0.2, 0.25) is 0 Å². The van der Waals surface area contributed by atoms with E-state index in [1.165, 1.54) is 10.5 Å². The minimum atomic E-state index is 0.596. The summed E-state index contributed by atoms with van der Waals surface area (Å²) in [5.41, 5.74) is 1.25. The number of rotatable bonds is 5. The van der Waals surface area contributed by atoms with Gasteiger partial charge in [0.1, 0.15) is 6.33 Å². The first-order chi connectivity index (χ1) is 10.6. The van der Waals surface area contributed by atoms with Gasteiger partial charge >= 0.3 is 0 Å². The Balaban J connectivity index is 1.93. The van der Waals surface area contributed by atoms with Crippen LogP contribution in [0, 0.1) is 0 Å². The van der Waals surface area contributed by atoms with Gasteiger partial charge in [-0.3, -0.25) is 4.99 Å². The van der Waals surface area contributed by atoms with Crippen molar-refractivity contribution in [3.63, 3.8) is 0 Å². The number of thioether (sulfide) groups is 1. The van der Waals surface area contributed by atoms with Crippen LogP contribution in [0.5, 0.6) is 0 Å². The van der Waals surface area contributed by atoms with Crippen LogP contribution in [0.2, 0.25) is 0 Å². The maximum Gasteiger partial charge on any atom is 0.194 e. The molecule has 1 aromatic carbocycles. The SMILES string of the molecule is CN=C(NCc1nncn1C)N(C)Cc1ccc(SC)cc1. The van der Waals surface area contributed by atoms with Crippen LogP contribution in [0.15, 0.2) is 40.5 Å². The predicted molar refractivity (Wildman–Crippen MR) is 90.9 cm³/mol. The Labute approximate surface area is 135 Å². The molecule has 0 aliphatic rings. The average molecular weight is 318 g/mol. The molecular weight excluding hydrogens is 296 g/mol. The van der Waals surface area contributed by atoms with Crippen LogP contribution in [0.1, 0.15) is 11.4 Å². The number of nitrogens with one attached hydrogen (secondary N) is 1. The quantitative estimate of drug-likeness (QED) is 0.517. The fraction of sp³-hybridized carbons (Fsp3) is 0.400. The third-order valence-electron chi connectivity index (χ3n) is 3.36. The zero-order chi connectivity index (χ0) is 15.9. The molecule has 0 bridgehead atoms. The zero-order valence-corrected chi connectivity index (χ0v) is 14.3. The molecule has 0 aliphatic carbocycles. The van der Waals surface area contributed by atoms with Gasteiger partial charge in [-0.25, -0.2) is 0 Å². The van der Waals surface area contributed by atoms with Gasteiger partial charge in [-0.1, -0.05) is 12.1 Å². The van der Waals surface area contributed by atoms with Crippen molar-refractivity contribution >= 4 is 17.7 Å². The van der Waals surface area contributed by atoms with Crippen LogP contribution in [-0.4, -0.2) is 46.0 Å². The van der Waals surface area contributed by atoms with Crippen molar-refractivity contribution in [2.24, 2.45) is 12.0 Å². The van der Waals surface area contributed by atoms with Crippen LogP contribution in [-0.2, 0) is 20.1 Å². The third kappa shape index (κ3) is 4.24. The molecule has 118 valence electrons. The summed E-state index contributed by atoms with van der Waals surface area (Å²) >= 11 is 1.75. The Morgan fingerprint density at radius 2 is 2.09 bits per heavy atom. The predicted octanol–water partition coefficient (Wildman–Crippen LogP) is 1.74. The highest BCUT2D eigenvalue weighted by molar-refractivity contribution is 7.98. The molecule has 6 nitrogen and oxygen atoms in total. The van der Waals surface area contributed by atoms with Crippen LogP contribution in [0.4, 0.5) is 0 Å². The number of benzene rings is 1. The van der Waals surface area contributed by atoms with Crippen molar-refractivity contribution in [3.05, 3.63) is 42.0 Å². The fourth-order valence-electron chi connectivity index (χ4n) is 2.09. The second kappa shape index (κ2) is 7.84. The highest BCUT2D eigenvalue weighted by Gasteiger charge is 2.08. The van der Waals surface area contributed by atoms with Crippen molar-refractivity contribution < 1.29 is 0 Å². The molecule has 0 unspecified atom stereocenters. The number of hydrogen-bond acceptors (Lipinski definition) is 4. The number of hydrogen-bond donors (Lipinski definition) is 1. The Morgan fingerprint density at radius 1 is 1.36 bits per heavy atom. The molecule has 1 N–H and O–H groups in total. The summed E-state index contributed by atoms with van der Waals surface area (Å²) < 4.78 is 1.89. The summed E-state index contributed by atoms with van der Waals surface area (Å²) in [6.45, 7) is 1.39. The minimum absolute atomic E-state index is 0.596. The standard InChI is InChI=1S/C15H22N6S/c1-16-15(17-9-14-19-18-11-21(14)3)20(2)10-12-5-7-13(22-4)8-6-12/h5-8,11H,9-10H2,1-4H3,(H,16,17). The monoisotopic (exact) mass is 318 g/mol. The van der Waals surface area contributed by atoms with E-state index in [0.29, 0.717) is 6.54 Å². The largest absolute Gasteiger partial charge is 0.349 e. The molecular formula is C15H22N6S. The van der Waals surface area contributed by atoms with Crippen molar-refractivity contribution in [2.45, 2.75) is 18.0 Å². The number of aromatic nitrogens is 3. The Kier molecular flexibility index (Phi) is 5.83. The van der Waals surface area contributed by atoms with E-state index in [1.807, 2.05) is 18.7 Å². The number of nitrogens with zero attached hydrogens (tertiary/aromatic N) is 5. The molecule has 0 fully saturated rings. The summed E-state index contributed by atoms with van der Waals surface area (Å²) in [7, 11) is 5.73. The Hall–Kier alpha value is -2.02. The Bertz CT molecular complexity index is 619. The molecule has 0 saturated heterocycles. The van der Waals surface area contributed by atoms with Gasteiger partial charge in [-0.05, 0) is 24.0 Å². The van der Waals surface area contributed by atoms with E-state index in [4.69, 9.17) is 0 Å². The van der Waals surface area contributed by atoms with E-state index < -0.39 is 0 Å². The smallest absolute Gasteiger partial charge is 0.194 e. The van der Waals surface area contributed by atoms with Gasteiger partial charge in [0.25, 0.3) is 0 Å². The molecule has 7 heteroatoms. The topological polar surface area (TPSA) is 58.3 Å². The lowest BCUT2D eigenvalue weighted by atomic mass is 10.2. The van der Waals surface area contributed by atoms with E-state index in [0.717, 1.165) is 18.3 Å². The first-order valence-electron chi connectivity index (χ1n) is 7.01. The molecule has 0 aliphatic heterocycles. The average Bonchev–Trinajstić information content (AvgIpc) is 2.94. The third-order valence-corrected chi connectivity index (χ3v) is 4.11. The van der Waals surface area contributed by atoms with Gasteiger partial charge in [-0.2, -0.15) is 0 Å². The molecule has 0 spiro atoms. The maximum atomic E-state index is 4.32.